The summed E-state index contributed by atoms with van der Waals surface area (Å²) in [6.45, 7) is 7.76. The second-order valence-electron chi connectivity index (χ2n) is 9.88. The number of benzene rings is 3. The van der Waals surface area contributed by atoms with Crippen LogP contribution in [0.25, 0.3) is 16.7 Å². The molecule has 0 amide bonds. The molecule has 1 saturated heterocycles. The smallest absolute Gasteiger partial charge is 0.157 e. The Morgan fingerprint density at radius 1 is 0.921 bits per heavy atom. The predicted molar refractivity (Wildman–Crippen MR) is 155 cm³/mol. The van der Waals surface area contributed by atoms with Crippen molar-refractivity contribution in [3.8, 4) is 6.07 Å². The molecule has 1 aliphatic rings. The molecule has 1 atom stereocenters. The van der Waals surface area contributed by atoms with Crippen LogP contribution in [0.15, 0.2) is 78.9 Å². The van der Waals surface area contributed by atoms with E-state index in [1.165, 1.54) is 16.9 Å². The van der Waals surface area contributed by atoms with Gasteiger partial charge in [0.1, 0.15) is 11.9 Å². The van der Waals surface area contributed by atoms with Gasteiger partial charge in [-0.2, -0.15) is 5.26 Å². The first kappa shape index (κ1) is 24.5. The molecule has 0 aliphatic carbocycles. The van der Waals surface area contributed by atoms with E-state index in [-0.39, 0.29) is 6.04 Å². The van der Waals surface area contributed by atoms with Crippen molar-refractivity contribution in [1.82, 2.24) is 14.3 Å². The molecule has 0 unspecified atom stereocenters. The van der Waals surface area contributed by atoms with Crippen LogP contribution in [-0.4, -0.2) is 40.5 Å². The molecule has 3 aromatic carbocycles. The lowest BCUT2D eigenvalue weighted by Gasteiger charge is -2.41. The second-order valence-corrected chi connectivity index (χ2v) is 10.3. The number of nitrogens with zero attached hydrogens (tertiary/aromatic N) is 5. The largest absolute Gasteiger partial charge is 0.355 e. The van der Waals surface area contributed by atoms with Crippen LogP contribution in [0.2, 0.25) is 5.02 Å². The van der Waals surface area contributed by atoms with Crippen LogP contribution in [0.4, 0.5) is 5.82 Å². The first-order valence-electron chi connectivity index (χ1n) is 13.2. The summed E-state index contributed by atoms with van der Waals surface area (Å²) in [6, 6.07) is 29.6. The normalized spacial score (nSPS) is 15.2. The van der Waals surface area contributed by atoms with Crippen molar-refractivity contribution in [2.75, 3.05) is 31.1 Å². The Morgan fingerprint density at radius 2 is 1.61 bits per heavy atom. The van der Waals surface area contributed by atoms with Crippen LogP contribution >= 0.6 is 11.6 Å². The summed E-state index contributed by atoms with van der Waals surface area (Å²) in [5.74, 6) is 1.17. The minimum Gasteiger partial charge on any atom is -0.355 e. The number of anilines is 1. The average molecular weight is 520 g/mol. The van der Waals surface area contributed by atoms with Crippen LogP contribution in [0.5, 0.6) is 0 Å². The summed E-state index contributed by atoms with van der Waals surface area (Å²) in [5.41, 5.74) is 8.02. The molecule has 0 N–H and O–H groups in total. The van der Waals surface area contributed by atoms with Crippen molar-refractivity contribution in [1.29, 1.82) is 5.26 Å². The first-order chi connectivity index (χ1) is 18.6. The quantitative estimate of drug-likeness (QED) is 0.256. The van der Waals surface area contributed by atoms with Gasteiger partial charge < -0.3 is 4.90 Å². The molecule has 1 aliphatic heterocycles. The van der Waals surface area contributed by atoms with Gasteiger partial charge in [0.15, 0.2) is 5.65 Å². The molecule has 3 heterocycles. The summed E-state index contributed by atoms with van der Waals surface area (Å²) in [7, 11) is 0. The third-order valence-electron chi connectivity index (χ3n) is 7.85. The molecule has 0 saturated carbocycles. The van der Waals surface area contributed by atoms with Gasteiger partial charge in [-0.05, 0) is 53.8 Å². The van der Waals surface area contributed by atoms with E-state index < -0.39 is 0 Å². The third kappa shape index (κ3) is 4.01. The number of para-hydroxylation sites is 2. The predicted octanol–water partition coefficient (Wildman–Crippen LogP) is 6.80. The zero-order valence-electron chi connectivity index (χ0n) is 21.7. The van der Waals surface area contributed by atoms with Gasteiger partial charge in [-0.25, -0.2) is 4.98 Å². The van der Waals surface area contributed by atoms with Crippen LogP contribution in [-0.2, 0) is 6.42 Å². The van der Waals surface area contributed by atoms with Crippen molar-refractivity contribution in [2.45, 2.75) is 26.3 Å². The van der Waals surface area contributed by atoms with Gasteiger partial charge >= 0.3 is 0 Å². The highest BCUT2D eigenvalue weighted by Gasteiger charge is 2.30. The lowest BCUT2D eigenvalue weighted by atomic mass is 9.96. The molecule has 6 rings (SSSR count). The van der Waals surface area contributed by atoms with Crippen molar-refractivity contribution < 1.29 is 0 Å². The minimum absolute atomic E-state index is 0.0921. The molecule has 5 nitrogen and oxygen atoms in total. The lowest BCUT2D eigenvalue weighted by Crippen LogP contribution is -2.48. The van der Waals surface area contributed by atoms with E-state index in [9.17, 15) is 5.26 Å². The number of rotatable bonds is 5. The Kier molecular flexibility index (Phi) is 6.53. The average Bonchev–Trinajstić information content (AvgIpc) is 3.33. The van der Waals surface area contributed by atoms with Crippen molar-refractivity contribution >= 4 is 34.1 Å². The minimum atomic E-state index is 0.0921. The van der Waals surface area contributed by atoms with Gasteiger partial charge in [-0.15, -0.1) is 0 Å². The lowest BCUT2D eigenvalue weighted by molar-refractivity contribution is 0.212. The first-order valence-corrected chi connectivity index (χ1v) is 13.6. The maximum Gasteiger partial charge on any atom is 0.157 e. The molecule has 1 fully saturated rings. The van der Waals surface area contributed by atoms with Gasteiger partial charge in [0.05, 0.1) is 22.6 Å². The number of pyridine rings is 1. The molecule has 0 bridgehead atoms. The van der Waals surface area contributed by atoms with Gasteiger partial charge in [-0.3, -0.25) is 9.30 Å². The van der Waals surface area contributed by atoms with Crippen molar-refractivity contribution in [3.63, 3.8) is 0 Å². The van der Waals surface area contributed by atoms with Crippen molar-refractivity contribution in [3.05, 3.63) is 112 Å². The van der Waals surface area contributed by atoms with E-state index in [1.807, 2.05) is 30.3 Å². The van der Waals surface area contributed by atoms with Crippen LogP contribution in [0.1, 0.15) is 40.8 Å². The molecule has 0 radical (unpaired) electrons. The molecular formula is C32H30ClN5. The Hall–Kier alpha value is -3.85. The third-order valence-corrected chi connectivity index (χ3v) is 8.20. The number of piperazine rings is 1. The van der Waals surface area contributed by atoms with E-state index >= 15 is 0 Å². The summed E-state index contributed by atoms with van der Waals surface area (Å²) < 4.78 is 2.22. The van der Waals surface area contributed by atoms with E-state index in [0.717, 1.165) is 65.4 Å². The van der Waals surface area contributed by atoms with Crippen LogP contribution in [0, 0.1) is 18.3 Å². The molecule has 190 valence electrons. The number of fused-ring (bicyclic) bond motifs is 3. The summed E-state index contributed by atoms with van der Waals surface area (Å²) in [5, 5.41) is 10.9. The zero-order chi connectivity index (χ0) is 26.2. The zero-order valence-corrected chi connectivity index (χ0v) is 22.5. The highest BCUT2D eigenvalue weighted by molar-refractivity contribution is 6.31. The Balaban J connectivity index is 1.42. The van der Waals surface area contributed by atoms with E-state index in [2.05, 4.69) is 82.6 Å². The molecule has 2 aromatic heterocycles. The van der Waals surface area contributed by atoms with E-state index in [4.69, 9.17) is 16.6 Å². The maximum atomic E-state index is 10.1. The SMILES string of the molecule is CCc1c(C)c(C#N)c2nc3ccccc3n2c1N1CCN([C@H](c2ccccc2)c2ccccc2Cl)CC1. The van der Waals surface area contributed by atoms with Crippen molar-refractivity contribution in [2.24, 2.45) is 0 Å². The van der Waals surface area contributed by atoms with Crippen LogP contribution < -0.4 is 4.90 Å². The van der Waals surface area contributed by atoms with Gasteiger partial charge in [0.2, 0.25) is 0 Å². The van der Waals surface area contributed by atoms with Gasteiger partial charge in [-0.1, -0.05) is 79.2 Å². The molecule has 0 spiro atoms. The summed E-state index contributed by atoms with van der Waals surface area (Å²) >= 11 is 6.73. The fourth-order valence-electron chi connectivity index (χ4n) is 6.03. The number of imidazole rings is 1. The Labute approximate surface area is 228 Å². The fourth-order valence-corrected chi connectivity index (χ4v) is 6.27. The fraction of sp³-hybridized carbons (Fsp3) is 0.250. The molecular weight excluding hydrogens is 490 g/mol. The topological polar surface area (TPSA) is 47.6 Å². The maximum absolute atomic E-state index is 10.1. The highest BCUT2D eigenvalue weighted by Crippen LogP contribution is 2.37. The standard InChI is InChI=1S/C32H30ClN5/c1-3-24-22(2)26(21-34)31-35-28-15-9-10-16-29(28)38(31)32(24)37-19-17-36(18-20-37)30(23-11-5-4-6-12-23)25-13-7-8-14-27(25)33/h4-16,30H,3,17-20H2,1-2H3/t30-/m1/s1. The highest BCUT2D eigenvalue weighted by atomic mass is 35.5. The second kappa shape index (κ2) is 10.1. The van der Waals surface area contributed by atoms with E-state index in [1.54, 1.807) is 0 Å². The number of hydrogen-bond donors (Lipinski definition) is 0. The summed E-state index contributed by atoms with van der Waals surface area (Å²) in [6.07, 6.45) is 0.852. The monoisotopic (exact) mass is 519 g/mol. The molecule has 6 heteroatoms. The van der Waals surface area contributed by atoms with E-state index in [0.29, 0.717) is 5.56 Å². The number of halogens is 1. The van der Waals surface area contributed by atoms with Gasteiger partial charge in [0, 0.05) is 31.2 Å². The summed E-state index contributed by atoms with van der Waals surface area (Å²) in [4.78, 5) is 9.92. The molecule has 38 heavy (non-hydrogen) atoms. The Morgan fingerprint density at radius 3 is 2.32 bits per heavy atom. The number of nitriles is 1. The Bertz CT molecular complexity index is 1660. The molecule has 5 aromatic rings. The van der Waals surface area contributed by atoms with Gasteiger partial charge in [0.25, 0.3) is 0 Å². The number of hydrogen-bond acceptors (Lipinski definition) is 4. The van der Waals surface area contributed by atoms with Crippen LogP contribution in [0.3, 0.4) is 0 Å². The number of aromatic nitrogens is 2.